The van der Waals surface area contributed by atoms with Crippen LogP contribution in [0.2, 0.25) is 10.0 Å². The second-order valence-electron chi connectivity index (χ2n) is 21.7. The summed E-state index contributed by atoms with van der Waals surface area (Å²) in [5.41, 5.74) is 4.21. The van der Waals surface area contributed by atoms with Crippen LogP contribution in [0.25, 0.3) is 28.1 Å². The minimum Gasteiger partial charge on any atom is -0.496 e. The summed E-state index contributed by atoms with van der Waals surface area (Å²) in [5, 5.41) is 40.0. The largest absolute Gasteiger partial charge is 0.496 e. The number of urea groups is 1. The molecule has 3 heterocycles. The van der Waals surface area contributed by atoms with Crippen LogP contribution in [0.15, 0.2) is 54.6 Å². The molecule has 0 saturated carbocycles. The number of hydrogen-bond donors (Lipinski definition) is 6. The van der Waals surface area contributed by atoms with Gasteiger partial charge in [0.25, 0.3) is 5.91 Å². The Balaban J connectivity index is 0.00000729. The Hall–Kier alpha value is -6.57. The van der Waals surface area contributed by atoms with Crippen molar-refractivity contribution < 1.29 is 82.0 Å². The number of nitrogens with one attached hydrogen (secondary N) is 3. The fourth-order valence-corrected chi connectivity index (χ4v) is 9.90. The summed E-state index contributed by atoms with van der Waals surface area (Å²) in [6, 6.07) is 15.7. The Morgan fingerprint density at radius 2 is 1.14 bits per heavy atom. The van der Waals surface area contributed by atoms with Gasteiger partial charge in [-0.3, -0.25) is 38.8 Å². The highest BCUT2D eigenvalue weighted by atomic mass is 35.5. The summed E-state index contributed by atoms with van der Waals surface area (Å²) < 4.78 is 47.3. The number of fused-ring (bicyclic) bond motifs is 3. The van der Waals surface area contributed by atoms with E-state index < -0.39 is 23.5 Å². The number of aliphatic hydroxyl groups excluding tert-OH is 1. The second-order valence-corrected chi connectivity index (χ2v) is 22.5. The fraction of sp³-hybridized carbons (Fsp3) is 0.557. The molecular weight excluding hydrogens is 1220 g/mol. The molecule has 0 spiro atoms. The number of hydrogen-bond acceptors (Lipinski definition) is 20. The van der Waals surface area contributed by atoms with Crippen LogP contribution in [0.1, 0.15) is 36.8 Å². The van der Waals surface area contributed by atoms with Crippen molar-refractivity contribution in [3.63, 3.8) is 0 Å². The number of ether oxygens (including phenoxy) is 8. The van der Waals surface area contributed by atoms with Gasteiger partial charge in [-0.1, -0.05) is 35.3 Å². The van der Waals surface area contributed by atoms with Gasteiger partial charge >= 0.3 is 18.0 Å². The molecule has 90 heavy (non-hydrogen) atoms. The van der Waals surface area contributed by atoms with Crippen molar-refractivity contribution in [2.45, 2.75) is 32.9 Å². The quantitative estimate of drug-likeness (QED) is 0.0286. The maximum atomic E-state index is 14.0. The molecule has 6 N–H and O–H groups in total. The number of carbonyl (C=O) groups excluding carboxylic acids is 4. The molecule has 1 saturated heterocycles. The fourth-order valence-electron chi connectivity index (χ4n) is 9.38. The minimum absolute atomic E-state index is 0.0763. The van der Waals surface area contributed by atoms with Crippen LogP contribution >= 0.6 is 23.2 Å². The molecule has 4 amide bonds. The van der Waals surface area contributed by atoms with E-state index in [2.05, 4.69) is 16.0 Å². The number of carboxylic acid groups (broad SMARTS) is 2. The van der Waals surface area contributed by atoms with Crippen molar-refractivity contribution in [2.75, 3.05) is 197 Å². The number of anilines is 1. The maximum absolute atomic E-state index is 14.0. The molecule has 498 valence electrons. The number of carboxylic acids is 2. The smallest absolute Gasteiger partial charge is 0.319 e. The predicted molar refractivity (Wildman–Crippen MR) is 337 cm³/mol. The highest BCUT2D eigenvalue weighted by Crippen LogP contribution is 2.47. The van der Waals surface area contributed by atoms with E-state index in [0.29, 0.717) is 174 Å². The van der Waals surface area contributed by atoms with E-state index in [-0.39, 0.29) is 76.6 Å². The van der Waals surface area contributed by atoms with Gasteiger partial charge in [-0.25, -0.2) is 9.48 Å². The van der Waals surface area contributed by atoms with Crippen molar-refractivity contribution in [3.05, 3.63) is 75.9 Å². The van der Waals surface area contributed by atoms with Crippen molar-refractivity contribution in [2.24, 2.45) is 0 Å². The number of aromatic nitrogens is 2. The lowest BCUT2D eigenvalue weighted by Gasteiger charge is -2.32. The maximum Gasteiger partial charge on any atom is 0.319 e. The normalized spacial score (nSPS) is 14.3. The number of carbonyl (C=O) groups is 6. The molecule has 0 unspecified atom stereocenters. The molecule has 0 bridgehead atoms. The Morgan fingerprint density at radius 3 is 1.63 bits per heavy atom. The zero-order valence-corrected chi connectivity index (χ0v) is 53.8. The molecule has 4 aromatic rings. The average Bonchev–Trinajstić information content (AvgIpc) is 1.53. The van der Waals surface area contributed by atoms with Crippen molar-refractivity contribution >= 4 is 65.0 Å². The first-order valence-corrected chi connectivity index (χ1v) is 30.4. The van der Waals surface area contributed by atoms with E-state index in [1.807, 2.05) is 54.8 Å². The zero-order valence-electron chi connectivity index (χ0n) is 52.3. The van der Waals surface area contributed by atoms with Crippen LogP contribution in [0.4, 0.5) is 10.5 Å². The Bertz CT molecular complexity index is 2900. The van der Waals surface area contributed by atoms with Gasteiger partial charge in [0.2, 0.25) is 5.91 Å². The molecule has 2 aliphatic rings. The molecule has 1 aromatic heterocycles. The molecule has 1 fully saturated rings. The number of aldehydes is 1. The van der Waals surface area contributed by atoms with Crippen molar-refractivity contribution in [1.82, 2.24) is 44.9 Å². The van der Waals surface area contributed by atoms with Crippen LogP contribution in [0.3, 0.4) is 0 Å². The summed E-state index contributed by atoms with van der Waals surface area (Å²) in [4.78, 5) is 83.1. The predicted octanol–water partition coefficient (Wildman–Crippen LogP) is 3.82. The molecule has 3 aromatic carbocycles. The molecule has 6 rings (SSSR count). The van der Waals surface area contributed by atoms with Crippen LogP contribution in [-0.4, -0.2) is 283 Å². The number of nitrogens with zero attached hydrogens (tertiary/aromatic N) is 7. The van der Waals surface area contributed by atoms with Gasteiger partial charge in [-0.2, -0.15) is 5.10 Å². The standard InChI is InChI=1S/C60H84Cl2N10O16.CH4O/c1-60(2,3)67(4)58(79)56-50-42-88-52-38-51(81-5)48(37-49(52)57(50)72(66-56)47-35-44(61)34-45(62)36-47)43-7-6-8-46(33-43)65-59(80)64-10-22-83-24-26-85-28-30-87-32-31-86-29-27-84-25-23-82-21-9-63-53(74)39-69-13-11-68(19-20-73)12-14-70(40-54(75)76)17-18-71(16-15-69)41-55(77)78;1-2/h6-8,20,33-38H,9-19,21-32,39-42H2,1-5H3,(H,63,74)(H,75,76)(H,77,78)(H2,64,65,80);2H,1H3. The van der Waals surface area contributed by atoms with Crippen LogP contribution in [0, 0.1) is 0 Å². The lowest BCUT2D eigenvalue weighted by molar-refractivity contribution is -0.140. The van der Waals surface area contributed by atoms with E-state index in [9.17, 15) is 39.0 Å². The van der Waals surface area contributed by atoms with Gasteiger partial charge in [-0.05, 0) is 62.7 Å². The first kappa shape index (κ1) is 74.2. The number of aliphatic hydroxyl groups is 1. The Morgan fingerprint density at radius 1 is 0.656 bits per heavy atom. The molecule has 0 aliphatic carbocycles. The second kappa shape index (κ2) is 39.6. The number of amides is 4. The summed E-state index contributed by atoms with van der Waals surface area (Å²) >= 11 is 13.0. The Labute approximate surface area is 535 Å². The third kappa shape index (κ3) is 25.3. The molecule has 0 radical (unpaired) electrons. The van der Waals surface area contributed by atoms with E-state index in [0.717, 1.165) is 19.0 Å². The summed E-state index contributed by atoms with van der Waals surface area (Å²) in [6.07, 6.45) is 0.797. The first-order chi connectivity index (χ1) is 43.3. The minimum atomic E-state index is -0.995. The van der Waals surface area contributed by atoms with Crippen LogP contribution < -0.4 is 25.4 Å². The number of aliphatic carboxylic acids is 2. The average molecular weight is 1300 g/mol. The highest BCUT2D eigenvalue weighted by molar-refractivity contribution is 6.34. The molecule has 29 heteroatoms. The highest BCUT2D eigenvalue weighted by Gasteiger charge is 2.35. The number of benzene rings is 3. The van der Waals surface area contributed by atoms with Gasteiger partial charge in [0.1, 0.15) is 24.4 Å². The molecule has 27 nitrogen and oxygen atoms in total. The van der Waals surface area contributed by atoms with Gasteiger partial charge in [0, 0.05) is 124 Å². The van der Waals surface area contributed by atoms with E-state index in [1.54, 1.807) is 63.9 Å². The van der Waals surface area contributed by atoms with Crippen LogP contribution in [-0.2, 0) is 54.2 Å². The SMILES string of the molecule is CO.COc1cc2c(cc1-c1cccc(NC(=O)NCCOCCOCCOCCOCCOCCOCCNC(=O)CN3CCN(CC=O)CCN(CC(=O)O)CCN(CC(=O)O)CC3)c1)-c1c(c(C(=O)N(C)C(C)(C)C)nn1-c1cc(Cl)cc(Cl)c1)CO2. The summed E-state index contributed by atoms with van der Waals surface area (Å²) in [7, 11) is 4.31. The molecule has 0 atom stereocenters. The van der Waals surface area contributed by atoms with E-state index in [1.165, 1.54) is 0 Å². The Kier molecular flexibility index (Phi) is 32.7. The lowest BCUT2D eigenvalue weighted by atomic mass is 9.95. The summed E-state index contributed by atoms with van der Waals surface area (Å²) in [5.74, 6) is -1.41. The third-order valence-corrected chi connectivity index (χ3v) is 14.7. The molecular formula is C61H88Cl2N10O17. The van der Waals surface area contributed by atoms with Crippen LogP contribution in [0.5, 0.6) is 11.5 Å². The van der Waals surface area contributed by atoms with Gasteiger partial charge in [0.05, 0.1) is 124 Å². The lowest BCUT2D eigenvalue weighted by Crippen LogP contribution is -2.49. The van der Waals surface area contributed by atoms with Gasteiger partial charge in [0.15, 0.2) is 5.69 Å². The van der Waals surface area contributed by atoms with Gasteiger partial charge < -0.3 is 78.9 Å². The number of halogens is 2. The number of rotatable bonds is 34. The molecule has 2 aliphatic heterocycles. The van der Waals surface area contributed by atoms with Crippen molar-refractivity contribution in [1.29, 1.82) is 0 Å². The third-order valence-electron chi connectivity index (χ3n) is 14.3. The topological polar surface area (TPSA) is 307 Å². The first-order valence-electron chi connectivity index (χ1n) is 29.6. The van der Waals surface area contributed by atoms with E-state index in [4.69, 9.17) is 71.3 Å². The van der Waals surface area contributed by atoms with E-state index >= 15 is 0 Å². The monoisotopic (exact) mass is 1300 g/mol. The zero-order chi connectivity index (χ0) is 65.4. The van der Waals surface area contributed by atoms with Crippen molar-refractivity contribution in [3.8, 4) is 39.6 Å². The number of methoxy groups -OCH3 is 1. The van der Waals surface area contributed by atoms with Gasteiger partial charge in [-0.15, -0.1) is 0 Å². The summed E-state index contributed by atoms with van der Waals surface area (Å²) in [6.45, 7) is 13.7.